The summed E-state index contributed by atoms with van der Waals surface area (Å²) in [5.41, 5.74) is 5.17. The second-order valence-electron chi connectivity index (χ2n) is 5.87. The average molecular weight is 317 g/mol. The highest BCUT2D eigenvalue weighted by molar-refractivity contribution is 8.00. The monoisotopic (exact) mass is 317 g/mol. The third-order valence-electron chi connectivity index (χ3n) is 3.99. The van der Waals surface area contributed by atoms with Gasteiger partial charge in [0, 0.05) is 10.1 Å². The first kappa shape index (κ1) is 16.7. The predicted octanol–water partition coefficient (Wildman–Crippen LogP) is 4.88. The van der Waals surface area contributed by atoms with Gasteiger partial charge in [-0.05, 0) is 49.4 Å². The summed E-state index contributed by atoms with van der Waals surface area (Å²) >= 11 is 1.59. The Labute approximate surface area is 128 Å². The number of hydrogen-bond acceptors (Lipinski definition) is 2. The molecule has 118 valence electrons. The molecule has 0 saturated heterocycles. The lowest BCUT2D eigenvalue weighted by atomic mass is 9.91. The molecule has 1 aliphatic carbocycles. The zero-order valence-corrected chi connectivity index (χ0v) is 13.1. The Morgan fingerprint density at radius 1 is 1.29 bits per heavy atom. The predicted molar refractivity (Wildman–Crippen MR) is 81.5 cm³/mol. The first-order chi connectivity index (χ1) is 9.90. The van der Waals surface area contributed by atoms with E-state index >= 15 is 0 Å². The maximum atomic E-state index is 13.1. The van der Waals surface area contributed by atoms with Crippen LogP contribution < -0.4 is 5.73 Å². The molecule has 1 nitrogen and oxygen atoms in total. The molecule has 1 aromatic rings. The van der Waals surface area contributed by atoms with Gasteiger partial charge >= 0.3 is 6.18 Å². The van der Waals surface area contributed by atoms with Gasteiger partial charge in [-0.2, -0.15) is 13.2 Å². The zero-order valence-electron chi connectivity index (χ0n) is 12.2. The summed E-state index contributed by atoms with van der Waals surface area (Å²) in [6, 6.07) is 4.70. The molecule has 1 aromatic carbocycles. The molecule has 1 fully saturated rings. The van der Waals surface area contributed by atoms with E-state index in [2.05, 4.69) is 6.92 Å². The average Bonchev–Trinajstić information content (AvgIpc) is 2.39. The molecule has 1 saturated carbocycles. The molecule has 21 heavy (non-hydrogen) atoms. The van der Waals surface area contributed by atoms with Gasteiger partial charge in [-0.25, -0.2) is 0 Å². The smallest absolute Gasteiger partial charge is 0.330 e. The van der Waals surface area contributed by atoms with Crippen LogP contribution in [0, 0.1) is 5.92 Å². The third-order valence-corrected chi connectivity index (χ3v) is 5.28. The van der Waals surface area contributed by atoms with Crippen LogP contribution in [0.1, 0.15) is 43.7 Å². The largest absolute Gasteiger partial charge is 0.416 e. The van der Waals surface area contributed by atoms with E-state index in [4.69, 9.17) is 5.73 Å². The maximum Gasteiger partial charge on any atom is 0.416 e. The number of nitrogens with two attached hydrogens (primary N) is 1. The number of benzene rings is 1. The summed E-state index contributed by atoms with van der Waals surface area (Å²) < 4.78 is 39.4. The second-order valence-corrected chi connectivity index (χ2v) is 7.24. The fourth-order valence-electron chi connectivity index (χ4n) is 2.94. The van der Waals surface area contributed by atoms with Crippen molar-refractivity contribution in [1.29, 1.82) is 0 Å². The summed E-state index contributed by atoms with van der Waals surface area (Å²) in [7, 11) is 0. The van der Waals surface area contributed by atoms with Crippen LogP contribution in [0.2, 0.25) is 0 Å². The van der Waals surface area contributed by atoms with E-state index in [1.54, 1.807) is 17.8 Å². The number of halogens is 3. The van der Waals surface area contributed by atoms with Crippen molar-refractivity contribution in [1.82, 2.24) is 0 Å². The van der Waals surface area contributed by atoms with E-state index in [1.165, 1.54) is 18.9 Å². The summed E-state index contributed by atoms with van der Waals surface area (Å²) in [4.78, 5) is 0.724. The maximum absolute atomic E-state index is 13.1. The number of hydrogen-bond donors (Lipinski definition) is 1. The van der Waals surface area contributed by atoms with Crippen molar-refractivity contribution >= 4 is 11.8 Å². The van der Waals surface area contributed by atoms with Gasteiger partial charge in [-0.1, -0.05) is 25.8 Å². The Kier molecular flexibility index (Phi) is 5.60. The standard InChI is InChI=1S/C16H22F3NS/c1-11-3-2-4-13(9-11)21-14-6-5-12(7-8-20)15(10-14)16(17,18)19/h5-6,10-11,13H,2-4,7-9,20H2,1H3. The first-order valence-electron chi connectivity index (χ1n) is 7.47. The van der Waals surface area contributed by atoms with E-state index in [9.17, 15) is 13.2 Å². The molecule has 2 N–H and O–H groups in total. The highest BCUT2D eigenvalue weighted by Crippen LogP contribution is 2.39. The second kappa shape index (κ2) is 7.05. The summed E-state index contributed by atoms with van der Waals surface area (Å²) in [6.07, 6.45) is 0.565. The van der Waals surface area contributed by atoms with Crippen molar-refractivity contribution in [3.63, 3.8) is 0 Å². The number of rotatable bonds is 4. The lowest BCUT2D eigenvalue weighted by Crippen LogP contribution is -2.15. The van der Waals surface area contributed by atoms with Crippen LogP contribution >= 0.6 is 11.8 Å². The minimum absolute atomic E-state index is 0.232. The van der Waals surface area contributed by atoms with E-state index in [0.29, 0.717) is 16.7 Å². The molecule has 0 radical (unpaired) electrons. The number of thioether (sulfide) groups is 1. The van der Waals surface area contributed by atoms with Gasteiger partial charge in [0.25, 0.3) is 0 Å². The Bertz CT molecular complexity index is 473. The van der Waals surface area contributed by atoms with Crippen molar-refractivity contribution in [2.24, 2.45) is 11.7 Å². The van der Waals surface area contributed by atoms with Gasteiger partial charge in [0.15, 0.2) is 0 Å². The van der Waals surface area contributed by atoms with Crippen molar-refractivity contribution in [3.8, 4) is 0 Å². The molecule has 2 atom stereocenters. The Balaban J connectivity index is 2.17. The molecule has 0 amide bonds. The van der Waals surface area contributed by atoms with Gasteiger partial charge in [0.1, 0.15) is 0 Å². The van der Waals surface area contributed by atoms with Gasteiger partial charge < -0.3 is 5.73 Å². The Hall–Kier alpha value is -0.680. The van der Waals surface area contributed by atoms with E-state index < -0.39 is 11.7 Å². The fourth-order valence-corrected chi connectivity index (χ4v) is 4.37. The van der Waals surface area contributed by atoms with Crippen LogP contribution in [0.3, 0.4) is 0 Å². The van der Waals surface area contributed by atoms with Crippen molar-refractivity contribution in [2.75, 3.05) is 6.54 Å². The summed E-state index contributed by atoms with van der Waals surface area (Å²) in [5, 5.41) is 0.440. The SMILES string of the molecule is CC1CCCC(Sc2ccc(CCN)c(C(F)(F)F)c2)C1. The van der Waals surface area contributed by atoms with Crippen LogP contribution in [0.5, 0.6) is 0 Å². The topological polar surface area (TPSA) is 26.0 Å². The molecule has 0 heterocycles. The molecule has 0 aromatic heterocycles. The molecule has 0 bridgehead atoms. The lowest BCUT2D eigenvalue weighted by Gasteiger charge is -2.26. The molecule has 0 spiro atoms. The minimum Gasteiger partial charge on any atom is -0.330 e. The van der Waals surface area contributed by atoms with E-state index in [-0.39, 0.29) is 13.0 Å². The zero-order chi connectivity index (χ0) is 15.5. The molecule has 5 heteroatoms. The Morgan fingerprint density at radius 2 is 2.05 bits per heavy atom. The van der Waals surface area contributed by atoms with Crippen molar-refractivity contribution in [2.45, 2.75) is 55.3 Å². The molecule has 1 aliphatic rings. The lowest BCUT2D eigenvalue weighted by molar-refractivity contribution is -0.138. The quantitative estimate of drug-likeness (QED) is 0.856. The third kappa shape index (κ3) is 4.65. The Morgan fingerprint density at radius 3 is 2.67 bits per heavy atom. The summed E-state index contributed by atoms with van der Waals surface area (Å²) in [5.74, 6) is 0.676. The van der Waals surface area contributed by atoms with Gasteiger partial charge in [0.05, 0.1) is 5.56 Å². The molecule has 2 unspecified atom stereocenters. The minimum atomic E-state index is -4.30. The molecule has 2 rings (SSSR count). The molecule has 0 aliphatic heterocycles. The highest BCUT2D eigenvalue weighted by atomic mass is 32.2. The summed E-state index contributed by atoms with van der Waals surface area (Å²) in [6.45, 7) is 2.45. The van der Waals surface area contributed by atoms with E-state index in [1.807, 2.05) is 6.07 Å². The van der Waals surface area contributed by atoms with Crippen LogP contribution in [0.4, 0.5) is 13.2 Å². The normalized spacial score (nSPS) is 23.3. The first-order valence-corrected chi connectivity index (χ1v) is 8.35. The van der Waals surface area contributed by atoms with Crippen LogP contribution in [0.25, 0.3) is 0 Å². The van der Waals surface area contributed by atoms with Crippen molar-refractivity contribution < 1.29 is 13.2 Å². The van der Waals surface area contributed by atoms with Gasteiger partial charge in [-0.15, -0.1) is 11.8 Å². The van der Waals surface area contributed by atoms with Crippen LogP contribution in [-0.2, 0) is 12.6 Å². The number of alkyl halides is 3. The molecular weight excluding hydrogens is 295 g/mol. The van der Waals surface area contributed by atoms with Crippen molar-refractivity contribution in [3.05, 3.63) is 29.3 Å². The van der Waals surface area contributed by atoms with Crippen LogP contribution in [-0.4, -0.2) is 11.8 Å². The highest BCUT2D eigenvalue weighted by Gasteiger charge is 2.33. The van der Waals surface area contributed by atoms with Crippen LogP contribution in [0.15, 0.2) is 23.1 Å². The van der Waals surface area contributed by atoms with Gasteiger partial charge in [-0.3, -0.25) is 0 Å². The fraction of sp³-hybridized carbons (Fsp3) is 0.625. The van der Waals surface area contributed by atoms with E-state index in [0.717, 1.165) is 17.7 Å². The molecular formula is C16H22F3NS. The van der Waals surface area contributed by atoms with Gasteiger partial charge in [0.2, 0.25) is 0 Å².